The molecule has 0 radical (unpaired) electrons. The molecule has 0 spiro atoms. The Morgan fingerprint density at radius 1 is 0.935 bits per heavy atom. The molecule has 1 N–H and O–H groups in total. The van der Waals surface area contributed by atoms with Crippen LogP contribution in [0.25, 0.3) is 0 Å². The molecule has 2 aliphatic carbocycles. The van der Waals surface area contributed by atoms with Crippen LogP contribution in [0.5, 0.6) is 0 Å². The monoisotopic (exact) mass is 466 g/mol. The highest BCUT2D eigenvalue weighted by molar-refractivity contribution is 8.00. The number of hydrogen-bond acceptors (Lipinski definition) is 6. The van der Waals surface area contributed by atoms with Gasteiger partial charge in [-0.05, 0) is 47.8 Å². The van der Waals surface area contributed by atoms with Crippen LogP contribution in [0.3, 0.4) is 0 Å². The first-order chi connectivity index (χ1) is 15.1. The van der Waals surface area contributed by atoms with E-state index in [0.29, 0.717) is 5.69 Å². The van der Waals surface area contributed by atoms with Gasteiger partial charge in [-0.15, -0.1) is 23.1 Å². The highest BCUT2D eigenvalue weighted by Crippen LogP contribution is 2.68. The molecule has 4 aliphatic rings. The minimum atomic E-state index is -0.237. The maximum absolute atomic E-state index is 13.6. The number of aromatic amines is 1. The maximum atomic E-state index is 13.6. The number of para-hydroxylation sites is 1. The van der Waals surface area contributed by atoms with Gasteiger partial charge in [-0.25, -0.2) is 0 Å². The number of amides is 2. The summed E-state index contributed by atoms with van der Waals surface area (Å²) in [5.41, 5.74) is 0.681. The quantitative estimate of drug-likeness (QED) is 0.576. The van der Waals surface area contributed by atoms with Gasteiger partial charge in [-0.3, -0.25) is 19.3 Å². The number of carbonyl (C=O) groups excluding carboxylic acids is 2. The average molecular weight is 467 g/mol. The van der Waals surface area contributed by atoms with Gasteiger partial charge < -0.3 is 4.98 Å². The van der Waals surface area contributed by atoms with E-state index in [1.807, 2.05) is 30.3 Å². The van der Waals surface area contributed by atoms with Crippen molar-refractivity contribution in [1.82, 2.24) is 4.98 Å². The predicted octanol–water partition coefficient (Wildman–Crippen LogP) is 4.18. The summed E-state index contributed by atoms with van der Waals surface area (Å²) >= 11 is 4.77. The molecular weight excluding hydrogens is 448 g/mol. The molecule has 31 heavy (non-hydrogen) atoms. The number of hydrogen-bond donors (Lipinski definition) is 1. The van der Waals surface area contributed by atoms with Gasteiger partial charge in [-0.1, -0.05) is 35.6 Å². The van der Waals surface area contributed by atoms with E-state index in [2.05, 4.69) is 22.5 Å². The molecule has 2 amide bonds. The van der Waals surface area contributed by atoms with Crippen LogP contribution in [0.1, 0.15) is 22.1 Å². The van der Waals surface area contributed by atoms with Crippen LogP contribution in [0, 0.1) is 29.6 Å². The van der Waals surface area contributed by atoms with Crippen molar-refractivity contribution in [2.75, 3.05) is 4.90 Å². The number of nitrogens with one attached hydrogen (secondary N) is 1. The van der Waals surface area contributed by atoms with Gasteiger partial charge in [0, 0.05) is 20.9 Å². The van der Waals surface area contributed by atoms with E-state index in [1.165, 1.54) is 21.1 Å². The zero-order valence-electron chi connectivity index (χ0n) is 16.3. The lowest BCUT2D eigenvalue weighted by Gasteiger charge is -2.42. The third kappa shape index (κ3) is 2.36. The van der Waals surface area contributed by atoms with Crippen molar-refractivity contribution in [3.05, 3.63) is 67.3 Å². The summed E-state index contributed by atoms with van der Waals surface area (Å²) in [6.45, 7) is 0. The topological polar surface area (TPSA) is 70.2 Å². The minimum absolute atomic E-state index is 0.0195. The Hall–Kier alpha value is -2.16. The summed E-state index contributed by atoms with van der Waals surface area (Å²) < 4.78 is 0. The van der Waals surface area contributed by atoms with Gasteiger partial charge in [0.05, 0.1) is 22.5 Å². The third-order valence-electron chi connectivity index (χ3n) is 7.59. The lowest BCUT2D eigenvalue weighted by Crippen LogP contribution is -2.42. The Bertz CT molecular complexity index is 1260. The molecule has 4 heterocycles. The Morgan fingerprint density at radius 2 is 1.71 bits per heavy atom. The SMILES string of the molecule is O=C1[C@@H]2[C@H]3C[C@@H]([C@@H]2C(=O)N1c1ccccc1)[C@@H]1[C@H](c2cccs2)c2sc(=O)[nH]c2S[C@H]31. The van der Waals surface area contributed by atoms with Crippen molar-refractivity contribution in [2.45, 2.75) is 22.6 Å². The van der Waals surface area contributed by atoms with Crippen LogP contribution >= 0.6 is 34.4 Å². The minimum Gasteiger partial charge on any atom is -0.307 e. The zero-order chi connectivity index (χ0) is 20.9. The highest BCUT2D eigenvalue weighted by atomic mass is 32.2. The number of thioether (sulfide) groups is 1. The van der Waals surface area contributed by atoms with Gasteiger partial charge in [-0.2, -0.15) is 0 Å². The van der Waals surface area contributed by atoms with Gasteiger partial charge in [0.2, 0.25) is 11.8 Å². The van der Waals surface area contributed by atoms with Crippen molar-refractivity contribution >= 4 is 51.9 Å². The van der Waals surface area contributed by atoms with Gasteiger partial charge in [0.15, 0.2) is 0 Å². The van der Waals surface area contributed by atoms with Crippen molar-refractivity contribution in [3.8, 4) is 0 Å². The first kappa shape index (κ1) is 18.4. The first-order valence-electron chi connectivity index (χ1n) is 10.5. The van der Waals surface area contributed by atoms with Crippen LogP contribution in [0.2, 0.25) is 0 Å². The molecule has 7 atom stereocenters. The Kier molecular flexibility index (Phi) is 3.82. The van der Waals surface area contributed by atoms with Gasteiger partial charge in [0.1, 0.15) is 0 Å². The zero-order valence-corrected chi connectivity index (χ0v) is 18.7. The molecular formula is C23H18N2O3S3. The number of rotatable bonds is 2. The second-order valence-corrected chi connectivity index (χ2v) is 12.0. The van der Waals surface area contributed by atoms with Crippen LogP contribution in [-0.4, -0.2) is 22.0 Å². The second-order valence-electron chi connectivity index (χ2n) is 8.82. The highest BCUT2D eigenvalue weighted by Gasteiger charge is 2.69. The number of benzene rings is 1. The summed E-state index contributed by atoms with van der Waals surface area (Å²) in [5, 5.41) is 3.30. The molecule has 2 aromatic heterocycles. The second kappa shape index (κ2) is 6.43. The molecule has 7 rings (SSSR count). The number of nitrogens with zero attached hydrogens (tertiary/aromatic N) is 1. The summed E-state index contributed by atoms with van der Waals surface area (Å²) in [7, 11) is 0. The Labute approximate surface area is 190 Å². The van der Waals surface area contributed by atoms with E-state index in [4.69, 9.17) is 0 Å². The smallest absolute Gasteiger partial charge is 0.305 e. The van der Waals surface area contributed by atoms with Crippen molar-refractivity contribution < 1.29 is 9.59 Å². The summed E-state index contributed by atoms with van der Waals surface area (Å²) in [5.74, 6) is 0.224. The number of thiazole rings is 1. The van der Waals surface area contributed by atoms with Crippen LogP contribution in [-0.2, 0) is 9.59 Å². The molecule has 3 fully saturated rings. The number of aromatic nitrogens is 1. The molecule has 8 heteroatoms. The molecule has 1 saturated heterocycles. The van der Waals surface area contributed by atoms with Crippen LogP contribution in [0.4, 0.5) is 5.69 Å². The normalized spacial score (nSPS) is 35.4. The fourth-order valence-corrected chi connectivity index (χ4v) is 10.5. The Morgan fingerprint density at radius 3 is 2.45 bits per heavy atom. The third-order valence-corrected chi connectivity index (χ3v) is 11.1. The summed E-state index contributed by atoms with van der Waals surface area (Å²) in [4.78, 5) is 46.1. The lowest BCUT2D eigenvalue weighted by molar-refractivity contribution is -0.123. The predicted molar refractivity (Wildman–Crippen MR) is 122 cm³/mol. The average Bonchev–Trinajstić information content (AvgIpc) is 3.56. The molecule has 2 saturated carbocycles. The fourth-order valence-electron chi connectivity index (χ4n) is 6.64. The molecule has 2 aliphatic heterocycles. The number of fused-ring (bicyclic) bond motifs is 9. The number of carbonyl (C=O) groups is 2. The van der Waals surface area contributed by atoms with E-state index in [9.17, 15) is 14.4 Å². The fraction of sp³-hybridized carbons (Fsp3) is 0.348. The maximum Gasteiger partial charge on any atom is 0.305 e. The number of anilines is 1. The lowest BCUT2D eigenvalue weighted by atomic mass is 9.69. The molecule has 1 aromatic carbocycles. The van der Waals surface area contributed by atoms with Crippen LogP contribution < -0.4 is 9.77 Å². The van der Waals surface area contributed by atoms with E-state index < -0.39 is 0 Å². The molecule has 156 valence electrons. The number of thiophene rings is 1. The molecule has 0 unspecified atom stereocenters. The van der Waals surface area contributed by atoms with E-state index >= 15 is 0 Å². The van der Waals surface area contributed by atoms with Crippen molar-refractivity contribution in [3.63, 3.8) is 0 Å². The number of imide groups is 1. The van der Waals surface area contributed by atoms with Crippen molar-refractivity contribution in [1.29, 1.82) is 0 Å². The van der Waals surface area contributed by atoms with Crippen LogP contribution in [0.15, 0.2) is 57.7 Å². The summed E-state index contributed by atoms with van der Waals surface area (Å²) in [6, 6.07) is 13.5. The van der Waals surface area contributed by atoms with Crippen molar-refractivity contribution in [2.24, 2.45) is 29.6 Å². The molecule has 3 aromatic rings. The standard InChI is InChI=1S/C23H18N2O3S3/c26-21-15-11-9-12(16(15)22(27)25(21)10-5-2-1-3-6-10)18-14(11)17(13-7-4-8-29-13)19-20(30-18)24-23(28)31-19/h1-8,11-12,14-18H,9H2,(H,24,28)/t11-,12-,14-,15+,16-,17+,18-/m1/s1. The number of H-pyrrole nitrogens is 1. The van der Waals surface area contributed by atoms with E-state index in [1.54, 1.807) is 23.1 Å². The Balaban J connectivity index is 1.34. The largest absolute Gasteiger partial charge is 0.307 e. The molecule has 5 nitrogen and oxygen atoms in total. The van der Waals surface area contributed by atoms with E-state index in [0.717, 1.165) is 16.3 Å². The first-order valence-corrected chi connectivity index (χ1v) is 13.1. The van der Waals surface area contributed by atoms with E-state index in [-0.39, 0.29) is 57.4 Å². The van der Waals surface area contributed by atoms with Gasteiger partial charge >= 0.3 is 4.87 Å². The summed E-state index contributed by atoms with van der Waals surface area (Å²) in [6.07, 6.45) is 0.929. The molecule has 2 bridgehead atoms. The van der Waals surface area contributed by atoms with Gasteiger partial charge in [0.25, 0.3) is 0 Å².